The Morgan fingerprint density at radius 2 is 1.48 bits per heavy atom. The summed E-state index contributed by atoms with van der Waals surface area (Å²) < 4.78 is 5.50. The fourth-order valence-corrected chi connectivity index (χ4v) is 4.12. The van der Waals surface area contributed by atoms with Gasteiger partial charge in [0.25, 0.3) is 0 Å². The highest BCUT2D eigenvalue weighted by atomic mass is 16.5. The summed E-state index contributed by atoms with van der Waals surface area (Å²) in [6, 6.07) is 28.7. The van der Waals surface area contributed by atoms with E-state index in [4.69, 9.17) is 4.74 Å². The Morgan fingerprint density at radius 3 is 2.37 bits per heavy atom. The van der Waals surface area contributed by atoms with Crippen molar-refractivity contribution in [2.45, 2.75) is 6.54 Å². The summed E-state index contributed by atoms with van der Waals surface area (Å²) in [4.78, 5) is 2.49. The zero-order chi connectivity index (χ0) is 18.1. The van der Waals surface area contributed by atoms with E-state index in [1.807, 2.05) is 0 Å². The number of hydrogen-bond acceptors (Lipinski definition) is 2. The van der Waals surface area contributed by atoms with Crippen LogP contribution in [0.2, 0.25) is 0 Å². The van der Waals surface area contributed by atoms with Crippen LogP contribution >= 0.6 is 0 Å². The van der Waals surface area contributed by atoms with Crippen LogP contribution in [0.4, 0.5) is 0 Å². The van der Waals surface area contributed by atoms with Crippen molar-refractivity contribution in [2.75, 3.05) is 26.3 Å². The SMILES string of the molecule is c1ccc2cc(-c3cccc4c(CN5CCOCC5)cccc34)ccc2c1. The molecule has 27 heavy (non-hydrogen) atoms. The third-order valence-corrected chi connectivity index (χ3v) is 5.57. The number of fused-ring (bicyclic) bond motifs is 2. The average molecular weight is 353 g/mol. The van der Waals surface area contributed by atoms with E-state index in [0.29, 0.717) is 0 Å². The van der Waals surface area contributed by atoms with E-state index in [9.17, 15) is 0 Å². The van der Waals surface area contributed by atoms with Crippen molar-refractivity contribution >= 4 is 21.5 Å². The third-order valence-electron chi connectivity index (χ3n) is 5.57. The number of morpholine rings is 1. The van der Waals surface area contributed by atoms with Gasteiger partial charge in [0.05, 0.1) is 13.2 Å². The lowest BCUT2D eigenvalue weighted by Gasteiger charge is -2.27. The van der Waals surface area contributed by atoms with Crippen LogP contribution in [-0.2, 0) is 11.3 Å². The van der Waals surface area contributed by atoms with Crippen LogP contribution < -0.4 is 0 Å². The summed E-state index contributed by atoms with van der Waals surface area (Å²) in [5, 5.41) is 5.26. The van der Waals surface area contributed by atoms with Crippen molar-refractivity contribution in [1.82, 2.24) is 4.90 Å². The molecule has 0 unspecified atom stereocenters. The molecule has 0 N–H and O–H groups in total. The fraction of sp³-hybridized carbons (Fsp3) is 0.200. The Bertz CT molecular complexity index is 1100. The molecule has 0 saturated carbocycles. The Hall–Kier alpha value is -2.68. The van der Waals surface area contributed by atoms with Crippen LogP contribution in [0.3, 0.4) is 0 Å². The standard InChI is InChI=1S/C25H23NO/c1-2-6-20-17-21(12-11-19(20)5-1)23-8-4-9-24-22(7-3-10-25(23)24)18-26-13-15-27-16-14-26/h1-12,17H,13-16,18H2. The second kappa shape index (κ2) is 7.15. The first kappa shape index (κ1) is 16.5. The summed E-state index contributed by atoms with van der Waals surface area (Å²) in [5.74, 6) is 0. The molecule has 134 valence electrons. The molecule has 5 rings (SSSR count). The Kier molecular flexibility index (Phi) is 4.36. The topological polar surface area (TPSA) is 12.5 Å². The van der Waals surface area contributed by atoms with Gasteiger partial charge in [-0.2, -0.15) is 0 Å². The second-order valence-corrected chi connectivity index (χ2v) is 7.27. The number of hydrogen-bond donors (Lipinski definition) is 0. The van der Waals surface area contributed by atoms with Gasteiger partial charge < -0.3 is 4.74 Å². The zero-order valence-electron chi connectivity index (χ0n) is 15.4. The number of nitrogens with zero attached hydrogens (tertiary/aromatic N) is 1. The zero-order valence-corrected chi connectivity index (χ0v) is 15.4. The minimum atomic E-state index is 0.840. The average Bonchev–Trinajstić information content (AvgIpc) is 2.74. The molecule has 1 fully saturated rings. The van der Waals surface area contributed by atoms with Crippen LogP contribution in [0.1, 0.15) is 5.56 Å². The summed E-state index contributed by atoms with van der Waals surface area (Å²) >= 11 is 0. The lowest BCUT2D eigenvalue weighted by atomic mass is 9.94. The molecule has 1 heterocycles. The van der Waals surface area contributed by atoms with E-state index < -0.39 is 0 Å². The quantitative estimate of drug-likeness (QED) is 0.483. The van der Waals surface area contributed by atoms with Crippen molar-refractivity contribution in [3.63, 3.8) is 0 Å². The van der Waals surface area contributed by atoms with Gasteiger partial charge in [-0.15, -0.1) is 0 Å². The molecule has 0 aliphatic carbocycles. The van der Waals surface area contributed by atoms with Crippen LogP contribution in [0.15, 0.2) is 78.9 Å². The third kappa shape index (κ3) is 3.23. The molecule has 2 nitrogen and oxygen atoms in total. The van der Waals surface area contributed by atoms with Gasteiger partial charge in [0, 0.05) is 19.6 Å². The van der Waals surface area contributed by atoms with E-state index in [1.54, 1.807) is 0 Å². The van der Waals surface area contributed by atoms with E-state index in [2.05, 4.69) is 83.8 Å². The lowest BCUT2D eigenvalue weighted by molar-refractivity contribution is 0.0344. The van der Waals surface area contributed by atoms with Crippen LogP contribution in [-0.4, -0.2) is 31.2 Å². The maximum absolute atomic E-state index is 5.50. The maximum Gasteiger partial charge on any atom is 0.0594 e. The van der Waals surface area contributed by atoms with E-state index in [-0.39, 0.29) is 0 Å². The second-order valence-electron chi connectivity index (χ2n) is 7.27. The predicted molar refractivity (Wildman–Crippen MR) is 113 cm³/mol. The van der Waals surface area contributed by atoms with Gasteiger partial charge in [0.1, 0.15) is 0 Å². The van der Waals surface area contributed by atoms with E-state index in [0.717, 1.165) is 32.8 Å². The van der Waals surface area contributed by atoms with Gasteiger partial charge in [0.15, 0.2) is 0 Å². The molecular formula is C25H23NO. The van der Waals surface area contributed by atoms with Crippen molar-refractivity contribution in [3.8, 4) is 11.1 Å². The molecule has 1 aliphatic rings. The number of benzene rings is 4. The largest absolute Gasteiger partial charge is 0.379 e. The van der Waals surface area contributed by atoms with Crippen molar-refractivity contribution < 1.29 is 4.74 Å². The van der Waals surface area contributed by atoms with Gasteiger partial charge >= 0.3 is 0 Å². The van der Waals surface area contributed by atoms with Crippen LogP contribution in [0, 0.1) is 0 Å². The monoisotopic (exact) mass is 353 g/mol. The van der Waals surface area contributed by atoms with Gasteiger partial charge in [-0.1, -0.05) is 72.8 Å². The first-order valence-electron chi connectivity index (χ1n) is 9.68. The molecule has 0 spiro atoms. The normalized spacial score (nSPS) is 15.4. The van der Waals surface area contributed by atoms with Crippen molar-refractivity contribution in [2.24, 2.45) is 0 Å². The predicted octanol–water partition coefficient (Wildman–Crippen LogP) is 5.49. The molecule has 0 atom stereocenters. The smallest absolute Gasteiger partial charge is 0.0594 e. The first-order valence-corrected chi connectivity index (χ1v) is 9.68. The Balaban J connectivity index is 1.59. The van der Waals surface area contributed by atoms with Gasteiger partial charge in [0.2, 0.25) is 0 Å². The Labute approximate surface area is 160 Å². The minimum absolute atomic E-state index is 0.840. The summed E-state index contributed by atoms with van der Waals surface area (Å²) in [6.45, 7) is 4.70. The summed E-state index contributed by atoms with van der Waals surface area (Å²) in [5.41, 5.74) is 3.99. The first-order chi connectivity index (χ1) is 13.4. The van der Waals surface area contributed by atoms with Crippen molar-refractivity contribution in [1.29, 1.82) is 0 Å². The van der Waals surface area contributed by atoms with Gasteiger partial charge in [-0.3, -0.25) is 4.90 Å². The van der Waals surface area contributed by atoms with Crippen LogP contribution in [0.5, 0.6) is 0 Å². The molecule has 0 radical (unpaired) electrons. The van der Waals surface area contributed by atoms with Crippen LogP contribution in [0.25, 0.3) is 32.7 Å². The summed E-state index contributed by atoms with van der Waals surface area (Å²) in [6.07, 6.45) is 0. The minimum Gasteiger partial charge on any atom is -0.379 e. The fourth-order valence-electron chi connectivity index (χ4n) is 4.12. The van der Waals surface area contributed by atoms with E-state index in [1.165, 1.54) is 38.2 Å². The van der Waals surface area contributed by atoms with Gasteiger partial charge in [-0.05, 0) is 44.3 Å². The Morgan fingerprint density at radius 1 is 0.704 bits per heavy atom. The van der Waals surface area contributed by atoms with Gasteiger partial charge in [-0.25, -0.2) is 0 Å². The van der Waals surface area contributed by atoms with Crippen molar-refractivity contribution in [3.05, 3.63) is 84.4 Å². The number of rotatable bonds is 3. The molecule has 1 aliphatic heterocycles. The highest BCUT2D eigenvalue weighted by Gasteiger charge is 2.13. The van der Waals surface area contributed by atoms with E-state index >= 15 is 0 Å². The molecule has 4 aromatic rings. The highest BCUT2D eigenvalue weighted by Crippen LogP contribution is 2.32. The molecular weight excluding hydrogens is 330 g/mol. The lowest BCUT2D eigenvalue weighted by Crippen LogP contribution is -2.35. The number of ether oxygens (including phenoxy) is 1. The molecule has 0 amide bonds. The molecule has 4 aromatic carbocycles. The highest BCUT2D eigenvalue weighted by molar-refractivity contribution is 6.00. The molecule has 2 heteroatoms. The maximum atomic E-state index is 5.50. The molecule has 0 bridgehead atoms. The molecule has 1 saturated heterocycles. The summed E-state index contributed by atoms with van der Waals surface area (Å²) in [7, 11) is 0. The molecule has 0 aromatic heterocycles.